The summed E-state index contributed by atoms with van der Waals surface area (Å²) in [6.45, 7) is 6.24. The van der Waals surface area contributed by atoms with Crippen molar-refractivity contribution in [1.82, 2.24) is 5.32 Å². The van der Waals surface area contributed by atoms with E-state index in [2.05, 4.69) is 11.4 Å². The molecule has 0 radical (unpaired) electrons. The summed E-state index contributed by atoms with van der Waals surface area (Å²) in [4.78, 5) is 11.9. The van der Waals surface area contributed by atoms with E-state index in [-0.39, 0.29) is 11.8 Å². The normalized spacial score (nSPS) is 11.7. The van der Waals surface area contributed by atoms with Crippen LogP contribution in [0.25, 0.3) is 0 Å². The minimum atomic E-state index is -0.584. The maximum absolute atomic E-state index is 11.9. The molecule has 0 heterocycles. The van der Waals surface area contributed by atoms with Gasteiger partial charge in [0.15, 0.2) is 6.10 Å². The van der Waals surface area contributed by atoms with E-state index in [1.165, 1.54) is 0 Å². The molecule has 1 unspecified atom stereocenters. The lowest BCUT2D eigenvalue weighted by Crippen LogP contribution is -2.41. The first kappa shape index (κ1) is 14.0. The van der Waals surface area contributed by atoms with Crippen molar-refractivity contribution in [3.63, 3.8) is 0 Å². The molecule has 0 fully saturated rings. The van der Waals surface area contributed by atoms with Gasteiger partial charge in [-0.2, -0.15) is 5.26 Å². The van der Waals surface area contributed by atoms with Crippen molar-refractivity contribution >= 4 is 5.91 Å². The first-order chi connectivity index (χ1) is 8.60. The van der Waals surface area contributed by atoms with Crippen molar-refractivity contribution < 1.29 is 9.53 Å². The molecule has 18 heavy (non-hydrogen) atoms. The van der Waals surface area contributed by atoms with E-state index in [0.717, 1.165) is 0 Å². The van der Waals surface area contributed by atoms with Gasteiger partial charge in [0, 0.05) is 6.54 Å². The van der Waals surface area contributed by atoms with Gasteiger partial charge in [-0.15, -0.1) is 0 Å². The third-order valence-electron chi connectivity index (χ3n) is 2.48. The molecule has 0 aromatic heterocycles. The molecule has 4 heteroatoms. The van der Waals surface area contributed by atoms with Gasteiger partial charge in [0.2, 0.25) is 0 Å². The molecule has 1 atom stereocenters. The molecular formula is C14H18N2O2. The molecule has 0 aliphatic heterocycles. The summed E-state index contributed by atoms with van der Waals surface area (Å²) in [5.74, 6) is 0.327. The van der Waals surface area contributed by atoms with E-state index in [0.29, 0.717) is 17.9 Å². The van der Waals surface area contributed by atoms with Gasteiger partial charge in [-0.25, -0.2) is 0 Å². The van der Waals surface area contributed by atoms with Crippen molar-refractivity contribution in [2.24, 2.45) is 5.92 Å². The number of nitrogens with one attached hydrogen (secondary N) is 1. The zero-order chi connectivity index (χ0) is 13.5. The SMILES string of the molecule is CCNC(=O)C(Oc1ccccc1C#N)C(C)C. The van der Waals surface area contributed by atoms with Gasteiger partial charge in [-0.1, -0.05) is 26.0 Å². The number of nitrogens with zero attached hydrogens (tertiary/aromatic N) is 1. The first-order valence-electron chi connectivity index (χ1n) is 6.03. The van der Waals surface area contributed by atoms with Crippen LogP contribution < -0.4 is 10.1 Å². The maximum atomic E-state index is 11.9. The van der Waals surface area contributed by atoms with Gasteiger partial charge in [0.05, 0.1) is 5.56 Å². The second-order valence-electron chi connectivity index (χ2n) is 4.29. The molecule has 0 saturated carbocycles. The van der Waals surface area contributed by atoms with Gasteiger partial charge in [0.25, 0.3) is 5.91 Å². The topological polar surface area (TPSA) is 62.1 Å². The molecule has 0 aliphatic rings. The lowest BCUT2D eigenvalue weighted by atomic mass is 10.1. The number of carbonyl (C=O) groups excluding carboxylic acids is 1. The smallest absolute Gasteiger partial charge is 0.261 e. The third-order valence-corrected chi connectivity index (χ3v) is 2.48. The third kappa shape index (κ3) is 3.49. The molecule has 1 aromatic carbocycles. The number of hydrogen-bond donors (Lipinski definition) is 1. The van der Waals surface area contributed by atoms with Gasteiger partial charge < -0.3 is 10.1 Å². The second kappa shape index (κ2) is 6.65. The molecule has 96 valence electrons. The molecule has 1 rings (SSSR count). The van der Waals surface area contributed by atoms with E-state index in [4.69, 9.17) is 10.00 Å². The van der Waals surface area contributed by atoms with Crippen molar-refractivity contribution in [2.75, 3.05) is 6.54 Å². The van der Waals surface area contributed by atoms with Crippen molar-refractivity contribution in [2.45, 2.75) is 26.9 Å². The summed E-state index contributed by atoms with van der Waals surface area (Å²) in [5, 5.41) is 11.7. The van der Waals surface area contributed by atoms with Crippen molar-refractivity contribution in [1.29, 1.82) is 5.26 Å². The van der Waals surface area contributed by atoms with Crippen LogP contribution in [0.15, 0.2) is 24.3 Å². The lowest BCUT2D eigenvalue weighted by Gasteiger charge is -2.22. The first-order valence-corrected chi connectivity index (χ1v) is 6.03. The lowest BCUT2D eigenvalue weighted by molar-refractivity contribution is -0.129. The number of para-hydroxylation sites is 1. The maximum Gasteiger partial charge on any atom is 0.261 e. The molecule has 1 N–H and O–H groups in total. The summed E-state index contributed by atoms with van der Waals surface area (Å²) >= 11 is 0. The largest absolute Gasteiger partial charge is 0.479 e. The second-order valence-corrected chi connectivity index (χ2v) is 4.29. The van der Waals surface area contributed by atoms with Crippen LogP contribution >= 0.6 is 0 Å². The molecule has 1 amide bonds. The average Bonchev–Trinajstić information content (AvgIpc) is 2.36. The Kier molecular flexibility index (Phi) is 5.19. The zero-order valence-electron chi connectivity index (χ0n) is 10.9. The van der Waals surface area contributed by atoms with E-state index < -0.39 is 6.10 Å². The van der Waals surface area contributed by atoms with E-state index in [1.54, 1.807) is 24.3 Å². The quantitative estimate of drug-likeness (QED) is 0.865. The van der Waals surface area contributed by atoms with Crippen LogP contribution in [-0.2, 0) is 4.79 Å². The summed E-state index contributed by atoms with van der Waals surface area (Å²) in [6.07, 6.45) is -0.584. The Morgan fingerprint density at radius 3 is 2.67 bits per heavy atom. The molecule has 0 bridgehead atoms. The monoisotopic (exact) mass is 246 g/mol. The highest BCUT2D eigenvalue weighted by Crippen LogP contribution is 2.20. The fraction of sp³-hybridized carbons (Fsp3) is 0.429. The highest BCUT2D eigenvalue weighted by Gasteiger charge is 2.24. The predicted molar refractivity (Wildman–Crippen MR) is 69.1 cm³/mol. The summed E-state index contributed by atoms with van der Waals surface area (Å²) in [5.41, 5.74) is 0.437. The highest BCUT2D eigenvalue weighted by atomic mass is 16.5. The minimum Gasteiger partial charge on any atom is -0.479 e. The number of amides is 1. The molecule has 4 nitrogen and oxygen atoms in total. The summed E-state index contributed by atoms with van der Waals surface area (Å²) < 4.78 is 5.68. The number of benzene rings is 1. The summed E-state index contributed by atoms with van der Waals surface area (Å²) in [6, 6.07) is 8.98. The minimum absolute atomic E-state index is 0.0308. The molecular weight excluding hydrogens is 228 g/mol. The van der Waals surface area contributed by atoms with Gasteiger partial charge >= 0.3 is 0 Å². The zero-order valence-corrected chi connectivity index (χ0v) is 10.9. The Morgan fingerprint density at radius 2 is 2.11 bits per heavy atom. The van der Waals surface area contributed by atoms with Crippen LogP contribution in [0, 0.1) is 17.2 Å². The fourth-order valence-corrected chi connectivity index (χ4v) is 1.57. The predicted octanol–water partition coefficient (Wildman–Crippen LogP) is 2.10. The Balaban J connectivity index is 2.91. The van der Waals surface area contributed by atoms with Crippen molar-refractivity contribution in [3.8, 4) is 11.8 Å². The number of rotatable bonds is 5. The molecule has 1 aromatic rings. The molecule has 0 aliphatic carbocycles. The van der Waals surface area contributed by atoms with E-state index >= 15 is 0 Å². The van der Waals surface area contributed by atoms with Gasteiger partial charge in [-0.3, -0.25) is 4.79 Å². The van der Waals surface area contributed by atoms with Gasteiger partial charge in [0.1, 0.15) is 11.8 Å². The number of carbonyl (C=O) groups is 1. The number of ether oxygens (including phenoxy) is 1. The standard InChI is InChI=1S/C14H18N2O2/c1-4-16-14(17)13(10(2)3)18-12-8-6-5-7-11(12)9-15/h5-8,10,13H,4H2,1-3H3,(H,16,17). The van der Waals surface area contributed by atoms with Crippen LogP contribution in [-0.4, -0.2) is 18.6 Å². The van der Waals surface area contributed by atoms with E-state index in [1.807, 2.05) is 20.8 Å². The van der Waals surface area contributed by atoms with Crippen molar-refractivity contribution in [3.05, 3.63) is 29.8 Å². The van der Waals surface area contributed by atoms with Crippen LogP contribution in [0.5, 0.6) is 5.75 Å². The van der Waals surface area contributed by atoms with Gasteiger partial charge in [-0.05, 0) is 25.0 Å². The highest BCUT2D eigenvalue weighted by molar-refractivity contribution is 5.81. The van der Waals surface area contributed by atoms with Crippen LogP contribution in [0.2, 0.25) is 0 Å². The van der Waals surface area contributed by atoms with E-state index in [9.17, 15) is 4.79 Å². The van der Waals surface area contributed by atoms with Crippen LogP contribution in [0.1, 0.15) is 26.3 Å². The number of nitriles is 1. The Labute approximate surface area is 108 Å². The molecule has 0 spiro atoms. The Bertz CT molecular complexity index is 449. The number of hydrogen-bond acceptors (Lipinski definition) is 3. The summed E-state index contributed by atoms with van der Waals surface area (Å²) in [7, 11) is 0. The fourth-order valence-electron chi connectivity index (χ4n) is 1.57. The molecule has 0 saturated heterocycles. The average molecular weight is 246 g/mol. The Morgan fingerprint density at radius 1 is 1.44 bits per heavy atom. The van der Waals surface area contributed by atoms with Crippen LogP contribution in [0.4, 0.5) is 0 Å². The van der Waals surface area contributed by atoms with Crippen LogP contribution in [0.3, 0.4) is 0 Å². The Hall–Kier alpha value is -2.02. The number of likely N-dealkylation sites (N-methyl/N-ethyl adjacent to an activating group) is 1.